The number of hydrogen-bond donors (Lipinski definition) is 1. The van der Waals surface area contributed by atoms with E-state index in [-0.39, 0.29) is 28.2 Å². The van der Waals surface area contributed by atoms with Crippen LogP contribution in [0.3, 0.4) is 0 Å². The van der Waals surface area contributed by atoms with Gasteiger partial charge in [0.15, 0.2) is 0 Å². The number of aryl methyl sites for hydroxylation is 1. The van der Waals surface area contributed by atoms with Crippen molar-refractivity contribution in [3.63, 3.8) is 0 Å². The van der Waals surface area contributed by atoms with Crippen LogP contribution in [-0.4, -0.2) is 23.7 Å². The molecule has 1 aliphatic carbocycles. The minimum Gasteiger partial charge on any atom is -0.378 e. The lowest BCUT2D eigenvalue weighted by Gasteiger charge is -2.53. The van der Waals surface area contributed by atoms with Crippen LogP contribution in [0.15, 0.2) is 18.2 Å². The first-order valence-corrected chi connectivity index (χ1v) is 7.55. The number of benzene rings is 1. The first-order chi connectivity index (χ1) is 9.92. The SMILES string of the molecule is CCOC1CC(Nc2cc(C)ccc2[N+](=O)[O-])C1(C)CC. The smallest absolute Gasteiger partial charge is 0.292 e. The van der Waals surface area contributed by atoms with E-state index in [1.807, 2.05) is 19.9 Å². The van der Waals surface area contributed by atoms with E-state index in [0.717, 1.165) is 18.4 Å². The molecule has 1 aliphatic rings. The van der Waals surface area contributed by atoms with Crippen LogP contribution >= 0.6 is 0 Å². The molecule has 1 aromatic rings. The Kier molecular flexibility index (Phi) is 4.52. The lowest BCUT2D eigenvalue weighted by molar-refractivity contribution is -0.384. The van der Waals surface area contributed by atoms with Crippen molar-refractivity contribution in [2.75, 3.05) is 11.9 Å². The lowest BCUT2D eigenvalue weighted by atomic mass is 9.61. The summed E-state index contributed by atoms with van der Waals surface area (Å²) in [7, 11) is 0. The largest absolute Gasteiger partial charge is 0.378 e. The molecule has 0 aliphatic heterocycles. The molecule has 0 spiro atoms. The van der Waals surface area contributed by atoms with Crippen molar-refractivity contribution < 1.29 is 9.66 Å². The van der Waals surface area contributed by atoms with Crippen molar-refractivity contribution >= 4 is 11.4 Å². The molecule has 3 atom stereocenters. The van der Waals surface area contributed by atoms with Gasteiger partial charge < -0.3 is 10.1 Å². The van der Waals surface area contributed by atoms with Crippen LogP contribution in [0.2, 0.25) is 0 Å². The summed E-state index contributed by atoms with van der Waals surface area (Å²) in [5.74, 6) is 0. The van der Waals surface area contributed by atoms with Crippen LogP contribution in [0, 0.1) is 22.5 Å². The molecule has 5 nitrogen and oxygen atoms in total. The van der Waals surface area contributed by atoms with E-state index in [1.165, 1.54) is 0 Å². The Balaban J connectivity index is 2.19. The van der Waals surface area contributed by atoms with Crippen molar-refractivity contribution in [2.45, 2.75) is 52.7 Å². The molecule has 0 aromatic heterocycles. The highest BCUT2D eigenvalue weighted by atomic mass is 16.6. The predicted octanol–water partition coefficient (Wildman–Crippen LogP) is 3.91. The minimum absolute atomic E-state index is 0.0215. The van der Waals surface area contributed by atoms with E-state index < -0.39 is 0 Å². The van der Waals surface area contributed by atoms with Crippen molar-refractivity contribution in [3.05, 3.63) is 33.9 Å². The Morgan fingerprint density at radius 3 is 2.76 bits per heavy atom. The van der Waals surface area contributed by atoms with E-state index in [9.17, 15) is 10.1 Å². The standard InChI is InChI=1S/C16H24N2O3/c1-5-16(4)14(10-15(16)21-6-2)17-12-9-11(3)7-8-13(12)18(19)20/h7-9,14-15,17H,5-6,10H2,1-4H3. The monoisotopic (exact) mass is 292 g/mol. The van der Waals surface area contributed by atoms with Crippen molar-refractivity contribution in [3.8, 4) is 0 Å². The minimum atomic E-state index is -0.330. The fraction of sp³-hybridized carbons (Fsp3) is 0.625. The summed E-state index contributed by atoms with van der Waals surface area (Å²) in [6, 6.07) is 5.40. The Hall–Kier alpha value is -1.62. The number of nitrogens with one attached hydrogen (secondary N) is 1. The quantitative estimate of drug-likeness (QED) is 0.637. The molecule has 0 heterocycles. The molecule has 2 rings (SSSR count). The molecule has 21 heavy (non-hydrogen) atoms. The Labute approximate surface area is 125 Å². The number of nitro groups is 1. The van der Waals surface area contributed by atoms with Crippen LogP contribution < -0.4 is 5.32 Å². The van der Waals surface area contributed by atoms with Crippen molar-refractivity contribution in [2.24, 2.45) is 5.41 Å². The van der Waals surface area contributed by atoms with Gasteiger partial charge in [0.25, 0.3) is 5.69 Å². The van der Waals surface area contributed by atoms with Gasteiger partial charge in [0, 0.05) is 24.1 Å². The third-order valence-corrected chi connectivity index (χ3v) is 4.79. The second-order valence-corrected chi connectivity index (χ2v) is 6.01. The lowest BCUT2D eigenvalue weighted by Crippen LogP contribution is -2.59. The number of ether oxygens (including phenoxy) is 1. The molecule has 1 N–H and O–H groups in total. The normalized spacial score (nSPS) is 28.0. The fourth-order valence-corrected chi connectivity index (χ4v) is 3.09. The first-order valence-electron chi connectivity index (χ1n) is 7.55. The Bertz CT molecular complexity index is 532. The van der Waals surface area contributed by atoms with Crippen LogP contribution in [0.4, 0.5) is 11.4 Å². The average molecular weight is 292 g/mol. The van der Waals surface area contributed by atoms with Gasteiger partial charge in [-0.1, -0.05) is 19.9 Å². The van der Waals surface area contributed by atoms with Gasteiger partial charge in [-0.2, -0.15) is 0 Å². The molecular weight excluding hydrogens is 268 g/mol. The van der Waals surface area contributed by atoms with Crippen LogP contribution in [0.1, 0.15) is 39.2 Å². The summed E-state index contributed by atoms with van der Waals surface area (Å²) < 4.78 is 5.78. The van der Waals surface area contributed by atoms with Gasteiger partial charge in [0.05, 0.1) is 11.0 Å². The van der Waals surface area contributed by atoms with Crippen molar-refractivity contribution in [1.29, 1.82) is 0 Å². The number of nitrogens with zero attached hydrogens (tertiary/aromatic N) is 1. The van der Waals surface area contributed by atoms with Crippen molar-refractivity contribution in [1.82, 2.24) is 0 Å². The molecule has 1 saturated carbocycles. The highest BCUT2D eigenvalue weighted by Gasteiger charge is 2.51. The third kappa shape index (κ3) is 2.88. The molecule has 116 valence electrons. The molecule has 0 bridgehead atoms. The second-order valence-electron chi connectivity index (χ2n) is 6.01. The van der Waals surface area contributed by atoms with Gasteiger partial charge in [-0.05, 0) is 38.3 Å². The van der Waals surface area contributed by atoms with Gasteiger partial charge in [-0.15, -0.1) is 0 Å². The zero-order chi connectivity index (χ0) is 15.6. The number of nitro benzene ring substituents is 1. The first kappa shape index (κ1) is 15.8. The van der Waals surface area contributed by atoms with Crippen LogP contribution in [-0.2, 0) is 4.74 Å². The van der Waals surface area contributed by atoms with Gasteiger partial charge in [-0.25, -0.2) is 0 Å². The van der Waals surface area contributed by atoms with Gasteiger partial charge >= 0.3 is 0 Å². The van der Waals surface area contributed by atoms with Gasteiger partial charge in [0.1, 0.15) is 5.69 Å². The molecule has 1 aromatic carbocycles. The van der Waals surface area contributed by atoms with E-state index in [4.69, 9.17) is 4.74 Å². The highest BCUT2D eigenvalue weighted by molar-refractivity contribution is 5.63. The van der Waals surface area contributed by atoms with Gasteiger partial charge in [-0.3, -0.25) is 10.1 Å². The van der Waals surface area contributed by atoms with E-state index in [1.54, 1.807) is 12.1 Å². The third-order valence-electron chi connectivity index (χ3n) is 4.79. The van der Waals surface area contributed by atoms with Crippen LogP contribution in [0.25, 0.3) is 0 Å². The van der Waals surface area contributed by atoms with Crippen LogP contribution in [0.5, 0.6) is 0 Å². The molecular formula is C16H24N2O3. The zero-order valence-corrected chi connectivity index (χ0v) is 13.2. The molecule has 1 fully saturated rings. The van der Waals surface area contributed by atoms with Gasteiger partial charge in [0.2, 0.25) is 0 Å². The summed E-state index contributed by atoms with van der Waals surface area (Å²) in [5, 5.41) is 14.5. The topological polar surface area (TPSA) is 64.4 Å². The molecule has 3 unspecified atom stereocenters. The fourth-order valence-electron chi connectivity index (χ4n) is 3.09. The summed E-state index contributed by atoms with van der Waals surface area (Å²) in [6.07, 6.45) is 2.10. The number of hydrogen-bond acceptors (Lipinski definition) is 4. The summed E-state index contributed by atoms with van der Waals surface area (Å²) in [6.45, 7) is 8.98. The Morgan fingerprint density at radius 1 is 1.48 bits per heavy atom. The maximum Gasteiger partial charge on any atom is 0.292 e. The second kappa shape index (κ2) is 6.02. The number of anilines is 1. The van der Waals surface area contributed by atoms with E-state index in [0.29, 0.717) is 12.3 Å². The molecule has 5 heteroatoms. The average Bonchev–Trinajstić information content (AvgIpc) is 2.45. The predicted molar refractivity (Wildman–Crippen MR) is 83.7 cm³/mol. The molecule has 0 saturated heterocycles. The molecule has 0 amide bonds. The summed E-state index contributed by atoms with van der Waals surface area (Å²) >= 11 is 0. The number of rotatable bonds is 6. The van der Waals surface area contributed by atoms with E-state index >= 15 is 0 Å². The highest BCUT2D eigenvalue weighted by Crippen LogP contribution is 2.48. The molecule has 0 radical (unpaired) electrons. The maximum absolute atomic E-state index is 11.2. The maximum atomic E-state index is 11.2. The van der Waals surface area contributed by atoms with E-state index in [2.05, 4.69) is 19.2 Å². The Morgan fingerprint density at radius 2 is 2.19 bits per heavy atom. The zero-order valence-electron chi connectivity index (χ0n) is 13.2. The summed E-state index contributed by atoms with van der Waals surface area (Å²) in [4.78, 5) is 10.8. The summed E-state index contributed by atoms with van der Waals surface area (Å²) in [5.41, 5.74) is 1.79.